The van der Waals surface area contributed by atoms with E-state index in [1.54, 1.807) is 36.4 Å². The minimum Gasteiger partial charge on any atom is -0.494 e. The predicted molar refractivity (Wildman–Crippen MR) is 154 cm³/mol. The zero-order valence-corrected chi connectivity index (χ0v) is 22.0. The van der Waals surface area contributed by atoms with Gasteiger partial charge in [-0.1, -0.05) is 103 Å². The first-order valence-corrected chi connectivity index (χ1v) is 13.6. The molecule has 5 heteroatoms. The zero-order chi connectivity index (χ0) is 27.4. The number of para-hydroxylation sites is 2. The molecule has 1 aliphatic carbocycles. The van der Waals surface area contributed by atoms with Crippen LogP contribution in [0.3, 0.4) is 0 Å². The Morgan fingerprint density at radius 3 is 2.15 bits per heavy atom. The molecule has 7 rings (SSSR count). The van der Waals surface area contributed by atoms with Crippen LogP contribution in [-0.2, 0) is 0 Å². The smallest absolute Gasteiger partial charge is 0.185 e. The van der Waals surface area contributed by atoms with Crippen LogP contribution in [0.25, 0.3) is 6.08 Å². The van der Waals surface area contributed by atoms with Gasteiger partial charge >= 0.3 is 0 Å². The summed E-state index contributed by atoms with van der Waals surface area (Å²) < 4.78 is 6.09. The number of carbonyl (C=O) groups is 3. The fourth-order valence-electron chi connectivity index (χ4n) is 7.06. The molecule has 40 heavy (non-hydrogen) atoms. The van der Waals surface area contributed by atoms with E-state index in [-0.39, 0.29) is 17.3 Å². The molecule has 5 nitrogen and oxygen atoms in total. The Morgan fingerprint density at radius 2 is 1.43 bits per heavy atom. The summed E-state index contributed by atoms with van der Waals surface area (Å²) in [5.74, 6) is -0.843. The molecule has 0 N–H and O–H groups in total. The molecule has 0 bridgehead atoms. The van der Waals surface area contributed by atoms with Gasteiger partial charge in [0.1, 0.15) is 17.2 Å². The van der Waals surface area contributed by atoms with Gasteiger partial charge in [-0.3, -0.25) is 14.4 Å². The molecule has 1 spiro atoms. The van der Waals surface area contributed by atoms with Crippen LogP contribution >= 0.6 is 0 Å². The highest BCUT2D eigenvalue weighted by molar-refractivity contribution is 6.32. The third kappa shape index (κ3) is 3.18. The molecule has 1 fully saturated rings. The van der Waals surface area contributed by atoms with Gasteiger partial charge in [0, 0.05) is 33.9 Å². The fraction of sp³-hybridized carbons (Fsp3) is 0.171. The van der Waals surface area contributed by atoms with Crippen LogP contribution in [0.4, 0.5) is 5.69 Å². The molecule has 1 saturated heterocycles. The van der Waals surface area contributed by atoms with Crippen molar-refractivity contribution < 1.29 is 19.1 Å². The van der Waals surface area contributed by atoms with E-state index in [0.717, 1.165) is 11.3 Å². The van der Waals surface area contributed by atoms with Gasteiger partial charge in [0.2, 0.25) is 0 Å². The van der Waals surface area contributed by atoms with E-state index in [1.165, 1.54) is 0 Å². The SMILES string of the molecule is CCOc1ccccc1[C@@H]1[C@H](C(=O)c2ccccc2)N2c3ccccc3C=C[C@H]2C12C(=O)c1ccccc1C2=O. The minimum atomic E-state index is -1.55. The highest BCUT2D eigenvalue weighted by atomic mass is 16.5. The maximum atomic E-state index is 14.7. The predicted octanol–water partition coefficient (Wildman–Crippen LogP) is 6.40. The number of Topliss-reactive ketones (excluding diaryl/α,β-unsaturated/α-hetero) is 3. The van der Waals surface area contributed by atoms with Gasteiger partial charge in [0.05, 0.1) is 12.6 Å². The number of anilines is 1. The van der Waals surface area contributed by atoms with Crippen molar-refractivity contribution in [3.63, 3.8) is 0 Å². The maximum absolute atomic E-state index is 14.7. The largest absolute Gasteiger partial charge is 0.494 e. The summed E-state index contributed by atoms with van der Waals surface area (Å²) in [6, 6.07) is 30.1. The number of nitrogens with zero attached hydrogens (tertiary/aromatic N) is 1. The van der Waals surface area contributed by atoms with Crippen LogP contribution in [0.5, 0.6) is 5.75 Å². The third-order valence-corrected chi connectivity index (χ3v) is 8.59. The number of ketones is 3. The quantitative estimate of drug-likeness (QED) is 0.223. The monoisotopic (exact) mass is 525 g/mol. The second kappa shape index (κ2) is 9.16. The van der Waals surface area contributed by atoms with Crippen molar-refractivity contribution in [1.82, 2.24) is 0 Å². The number of ether oxygens (including phenoxy) is 1. The fourth-order valence-corrected chi connectivity index (χ4v) is 7.06. The number of benzene rings is 4. The highest BCUT2D eigenvalue weighted by Crippen LogP contribution is 2.61. The average molecular weight is 526 g/mol. The van der Waals surface area contributed by atoms with E-state index < -0.39 is 23.4 Å². The minimum absolute atomic E-state index is 0.138. The van der Waals surface area contributed by atoms with E-state index in [9.17, 15) is 14.4 Å². The summed E-state index contributed by atoms with van der Waals surface area (Å²) in [7, 11) is 0. The van der Waals surface area contributed by atoms with Crippen LogP contribution in [0.1, 0.15) is 55.0 Å². The van der Waals surface area contributed by atoms with Crippen molar-refractivity contribution in [1.29, 1.82) is 0 Å². The van der Waals surface area contributed by atoms with E-state index in [0.29, 0.717) is 34.6 Å². The van der Waals surface area contributed by atoms with Crippen molar-refractivity contribution in [2.75, 3.05) is 11.5 Å². The molecule has 0 amide bonds. The number of hydrogen-bond acceptors (Lipinski definition) is 5. The van der Waals surface area contributed by atoms with Gasteiger partial charge in [0.15, 0.2) is 17.3 Å². The molecular weight excluding hydrogens is 498 g/mol. The molecule has 2 aliphatic heterocycles. The topological polar surface area (TPSA) is 63.7 Å². The van der Waals surface area contributed by atoms with Gasteiger partial charge in [-0.05, 0) is 24.6 Å². The molecule has 0 saturated carbocycles. The van der Waals surface area contributed by atoms with Crippen molar-refractivity contribution in [3.8, 4) is 5.75 Å². The van der Waals surface area contributed by atoms with Crippen molar-refractivity contribution >= 4 is 29.1 Å². The third-order valence-electron chi connectivity index (χ3n) is 8.59. The molecule has 0 radical (unpaired) electrons. The summed E-state index contributed by atoms with van der Waals surface area (Å²) >= 11 is 0. The molecular formula is C35H27NO4. The summed E-state index contributed by atoms with van der Waals surface area (Å²) in [6.07, 6.45) is 3.92. The number of fused-ring (bicyclic) bond motifs is 5. The lowest BCUT2D eigenvalue weighted by Crippen LogP contribution is -2.48. The van der Waals surface area contributed by atoms with Crippen LogP contribution in [0.15, 0.2) is 109 Å². The van der Waals surface area contributed by atoms with E-state index >= 15 is 0 Å². The molecule has 2 heterocycles. The highest BCUT2D eigenvalue weighted by Gasteiger charge is 2.71. The summed E-state index contributed by atoms with van der Waals surface area (Å²) in [4.78, 5) is 46.1. The molecule has 3 atom stereocenters. The van der Waals surface area contributed by atoms with Crippen molar-refractivity contribution in [2.24, 2.45) is 5.41 Å². The Balaban J connectivity index is 1.57. The lowest BCUT2D eigenvalue weighted by atomic mass is 9.64. The lowest BCUT2D eigenvalue weighted by Gasteiger charge is -2.37. The van der Waals surface area contributed by atoms with Crippen molar-refractivity contribution in [3.05, 3.63) is 137 Å². The second-order valence-corrected chi connectivity index (χ2v) is 10.5. The van der Waals surface area contributed by atoms with Crippen LogP contribution in [0.2, 0.25) is 0 Å². The standard InChI is InChI=1S/C35H27NO4/c1-2-40-28-19-11-9-17-26(28)30-31(32(37)23-13-4-3-5-14-23)36-27-18-10-6-12-22(27)20-21-29(36)35(30)33(38)24-15-7-8-16-25(24)34(35)39/h3-21,29-31H,2H2,1H3/t29-,30+,31+/m0/s1. The Bertz CT molecular complexity index is 1670. The molecule has 4 aromatic carbocycles. The Labute approximate surface area is 232 Å². The van der Waals surface area contributed by atoms with Gasteiger partial charge in [-0.2, -0.15) is 0 Å². The first-order valence-electron chi connectivity index (χ1n) is 13.6. The van der Waals surface area contributed by atoms with Gasteiger partial charge < -0.3 is 9.64 Å². The van der Waals surface area contributed by atoms with Crippen LogP contribution in [-0.4, -0.2) is 36.0 Å². The van der Waals surface area contributed by atoms with Gasteiger partial charge in [-0.25, -0.2) is 0 Å². The molecule has 196 valence electrons. The maximum Gasteiger partial charge on any atom is 0.185 e. The zero-order valence-electron chi connectivity index (χ0n) is 22.0. The van der Waals surface area contributed by atoms with Crippen LogP contribution in [0, 0.1) is 5.41 Å². The number of carbonyl (C=O) groups excluding carboxylic acids is 3. The molecule has 0 aromatic heterocycles. The number of hydrogen-bond donors (Lipinski definition) is 0. The molecule has 0 unspecified atom stereocenters. The summed E-state index contributed by atoms with van der Waals surface area (Å²) in [5.41, 5.74) is 2.26. The Morgan fingerprint density at radius 1 is 0.800 bits per heavy atom. The normalized spacial score (nSPS) is 21.7. The van der Waals surface area contributed by atoms with Gasteiger partial charge in [0.25, 0.3) is 0 Å². The first-order chi connectivity index (χ1) is 19.6. The number of rotatable bonds is 5. The Kier molecular flexibility index (Phi) is 5.56. The van der Waals surface area contributed by atoms with Crippen LogP contribution < -0.4 is 9.64 Å². The molecule has 3 aliphatic rings. The van der Waals surface area contributed by atoms with Gasteiger partial charge in [-0.15, -0.1) is 0 Å². The van der Waals surface area contributed by atoms with E-state index in [4.69, 9.17) is 4.74 Å². The average Bonchev–Trinajstić information content (AvgIpc) is 3.44. The molecule has 4 aromatic rings. The lowest BCUT2D eigenvalue weighted by molar-refractivity contribution is 0.0664. The van der Waals surface area contributed by atoms with E-state index in [2.05, 4.69) is 0 Å². The Hall–Kier alpha value is -4.77. The first kappa shape index (κ1) is 24.3. The summed E-state index contributed by atoms with van der Waals surface area (Å²) in [5, 5.41) is 0. The van der Waals surface area contributed by atoms with Crippen molar-refractivity contribution in [2.45, 2.75) is 24.9 Å². The van der Waals surface area contributed by atoms with E-state index in [1.807, 2.05) is 90.7 Å². The summed E-state index contributed by atoms with van der Waals surface area (Å²) in [6.45, 7) is 2.31. The second-order valence-electron chi connectivity index (χ2n) is 10.5.